The summed E-state index contributed by atoms with van der Waals surface area (Å²) in [5, 5.41) is 5.18. The first-order valence-corrected chi connectivity index (χ1v) is 7.79. The Hall–Kier alpha value is -0.610. The Morgan fingerprint density at radius 1 is 1.22 bits per heavy atom. The molecule has 0 saturated heterocycles. The molecular formula is C14H23N3S. The minimum atomic E-state index is 0.623. The molecule has 2 rings (SSSR count). The summed E-state index contributed by atoms with van der Waals surface area (Å²) < 4.78 is 0. The topological polar surface area (TPSA) is 37.8 Å². The van der Waals surface area contributed by atoms with Crippen LogP contribution in [-0.2, 0) is 0 Å². The molecule has 0 amide bonds. The molecule has 0 bridgehead atoms. The maximum Gasteiger partial charge on any atom is 0.188 e. The molecule has 4 heteroatoms. The van der Waals surface area contributed by atoms with E-state index in [-0.39, 0.29) is 0 Å². The van der Waals surface area contributed by atoms with Crippen LogP contribution < -0.4 is 5.32 Å². The van der Waals surface area contributed by atoms with Crippen LogP contribution in [0.2, 0.25) is 0 Å². The molecule has 1 aliphatic rings. The van der Waals surface area contributed by atoms with E-state index in [9.17, 15) is 0 Å². The van der Waals surface area contributed by atoms with E-state index in [1.54, 1.807) is 0 Å². The number of rotatable bonds is 4. The Labute approximate surface area is 114 Å². The highest BCUT2D eigenvalue weighted by molar-refractivity contribution is 7.99. The van der Waals surface area contributed by atoms with Crippen LogP contribution in [0.5, 0.6) is 0 Å². The van der Waals surface area contributed by atoms with Gasteiger partial charge in [0.05, 0.1) is 0 Å². The Balaban J connectivity index is 2.05. The van der Waals surface area contributed by atoms with E-state index in [0.29, 0.717) is 11.3 Å². The number of nitrogens with one attached hydrogen (secondary N) is 1. The van der Waals surface area contributed by atoms with Gasteiger partial charge in [-0.2, -0.15) is 0 Å². The van der Waals surface area contributed by atoms with Crippen LogP contribution in [0.25, 0.3) is 0 Å². The molecule has 1 heterocycles. The van der Waals surface area contributed by atoms with Gasteiger partial charge in [-0.15, -0.1) is 0 Å². The normalized spacial score (nSPS) is 24.2. The fourth-order valence-corrected chi connectivity index (χ4v) is 3.96. The van der Waals surface area contributed by atoms with Crippen molar-refractivity contribution < 1.29 is 0 Å². The Morgan fingerprint density at radius 2 is 1.89 bits per heavy atom. The van der Waals surface area contributed by atoms with E-state index < -0.39 is 0 Å². The molecule has 2 unspecified atom stereocenters. The van der Waals surface area contributed by atoms with Gasteiger partial charge < -0.3 is 5.32 Å². The van der Waals surface area contributed by atoms with Gasteiger partial charge in [0.2, 0.25) is 0 Å². The lowest BCUT2D eigenvalue weighted by Gasteiger charge is -2.31. The molecule has 1 fully saturated rings. The third kappa shape index (κ3) is 3.69. The van der Waals surface area contributed by atoms with Crippen LogP contribution in [0.15, 0.2) is 11.2 Å². The second-order valence-electron chi connectivity index (χ2n) is 5.04. The maximum atomic E-state index is 4.55. The minimum absolute atomic E-state index is 0.623. The molecule has 0 aromatic carbocycles. The smallest absolute Gasteiger partial charge is 0.188 e. The largest absolute Gasteiger partial charge is 0.313 e. The number of thioether (sulfide) groups is 1. The van der Waals surface area contributed by atoms with Crippen LogP contribution in [0.1, 0.15) is 44.0 Å². The summed E-state index contributed by atoms with van der Waals surface area (Å²) >= 11 is 1.86. The lowest BCUT2D eigenvalue weighted by Crippen LogP contribution is -2.40. The number of hydrogen-bond donors (Lipinski definition) is 1. The van der Waals surface area contributed by atoms with E-state index in [1.165, 1.54) is 25.7 Å². The lowest BCUT2D eigenvalue weighted by atomic mass is 9.95. The van der Waals surface area contributed by atoms with Gasteiger partial charge in [-0.05, 0) is 39.3 Å². The first-order valence-electron chi connectivity index (χ1n) is 6.91. The molecule has 0 spiro atoms. The predicted octanol–water partition coefficient (Wildman–Crippen LogP) is 3.11. The molecule has 2 atom stereocenters. The van der Waals surface area contributed by atoms with Crippen molar-refractivity contribution >= 4 is 11.8 Å². The Morgan fingerprint density at radius 3 is 2.56 bits per heavy atom. The summed E-state index contributed by atoms with van der Waals surface area (Å²) in [5.41, 5.74) is 2.14. The van der Waals surface area contributed by atoms with Crippen LogP contribution in [0.3, 0.4) is 0 Å². The summed E-state index contributed by atoms with van der Waals surface area (Å²) in [6, 6.07) is 2.66. The molecule has 3 nitrogen and oxygen atoms in total. The van der Waals surface area contributed by atoms with Gasteiger partial charge in [-0.1, -0.05) is 31.5 Å². The maximum absolute atomic E-state index is 4.55. The van der Waals surface area contributed by atoms with Crippen LogP contribution in [0, 0.1) is 13.8 Å². The quantitative estimate of drug-likeness (QED) is 0.849. The summed E-state index contributed by atoms with van der Waals surface area (Å²) in [4.78, 5) is 9.09. The third-order valence-electron chi connectivity index (χ3n) is 3.39. The summed E-state index contributed by atoms with van der Waals surface area (Å²) in [6.07, 6.45) is 5.25. The zero-order valence-corrected chi connectivity index (χ0v) is 12.4. The number of nitrogens with zero attached hydrogens (tertiary/aromatic N) is 2. The molecule has 0 aliphatic heterocycles. The monoisotopic (exact) mass is 265 g/mol. The van der Waals surface area contributed by atoms with Crippen LogP contribution >= 0.6 is 11.8 Å². The Bertz CT molecular complexity index is 372. The van der Waals surface area contributed by atoms with Crippen molar-refractivity contribution in [3.05, 3.63) is 17.5 Å². The SMILES string of the molecule is CCNC1CCCCC1Sc1nc(C)cc(C)n1. The summed E-state index contributed by atoms with van der Waals surface area (Å²) in [6.45, 7) is 7.32. The van der Waals surface area contributed by atoms with Crippen molar-refractivity contribution in [3.63, 3.8) is 0 Å². The van der Waals surface area contributed by atoms with Crippen molar-refractivity contribution in [1.82, 2.24) is 15.3 Å². The molecule has 1 aromatic rings. The van der Waals surface area contributed by atoms with Crippen molar-refractivity contribution in [2.75, 3.05) is 6.54 Å². The molecular weight excluding hydrogens is 242 g/mol. The van der Waals surface area contributed by atoms with E-state index in [4.69, 9.17) is 0 Å². The van der Waals surface area contributed by atoms with Gasteiger partial charge in [-0.3, -0.25) is 0 Å². The first-order chi connectivity index (χ1) is 8.69. The van der Waals surface area contributed by atoms with Gasteiger partial charge >= 0.3 is 0 Å². The zero-order valence-electron chi connectivity index (χ0n) is 11.6. The van der Waals surface area contributed by atoms with Gasteiger partial charge in [0.15, 0.2) is 5.16 Å². The molecule has 1 aromatic heterocycles. The summed E-state index contributed by atoms with van der Waals surface area (Å²) in [7, 11) is 0. The highest BCUT2D eigenvalue weighted by atomic mass is 32.2. The van der Waals surface area contributed by atoms with Crippen LogP contribution in [0.4, 0.5) is 0 Å². The van der Waals surface area contributed by atoms with E-state index >= 15 is 0 Å². The fraction of sp³-hybridized carbons (Fsp3) is 0.714. The van der Waals surface area contributed by atoms with Gasteiger partial charge in [-0.25, -0.2) is 9.97 Å². The van der Waals surface area contributed by atoms with Gasteiger partial charge in [0.25, 0.3) is 0 Å². The first kappa shape index (κ1) is 13.8. The molecule has 1 saturated carbocycles. The highest BCUT2D eigenvalue weighted by Gasteiger charge is 2.26. The number of hydrogen-bond acceptors (Lipinski definition) is 4. The standard InChI is InChI=1S/C14H23N3S/c1-4-15-12-7-5-6-8-13(12)18-14-16-10(2)9-11(3)17-14/h9,12-13,15H,4-8H2,1-3H3. The minimum Gasteiger partial charge on any atom is -0.313 e. The van der Waals surface area contributed by atoms with Crippen molar-refractivity contribution in [3.8, 4) is 0 Å². The Kier molecular flexibility index (Phi) is 5.01. The van der Waals surface area contributed by atoms with Crippen LogP contribution in [-0.4, -0.2) is 27.8 Å². The number of aromatic nitrogens is 2. The van der Waals surface area contributed by atoms with Gasteiger partial charge in [0.1, 0.15) is 0 Å². The van der Waals surface area contributed by atoms with E-state index in [1.807, 2.05) is 31.7 Å². The van der Waals surface area contributed by atoms with Crippen molar-refractivity contribution in [2.24, 2.45) is 0 Å². The fourth-order valence-electron chi connectivity index (χ4n) is 2.62. The predicted molar refractivity (Wildman–Crippen MR) is 77.1 cm³/mol. The second kappa shape index (κ2) is 6.53. The van der Waals surface area contributed by atoms with Gasteiger partial charge in [0, 0.05) is 22.7 Å². The molecule has 1 N–H and O–H groups in total. The molecule has 100 valence electrons. The number of aryl methyl sites for hydroxylation is 2. The third-order valence-corrected chi connectivity index (χ3v) is 4.65. The molecule has 1 aliphatic carbocycles. The van der Waals surface area contributed by atoms with Crippen molar-refractivity contribution in [1.29, 1.82) is 0 Å². The van der Waals surface area contributed by atoms with Crippen molar-refractivity contribution in [2.45, 2.75) is 62.9 Å². The second-order valence-corrected chi connectivity index (χ2v) is 6.24. The molecule has 18 heavy (non-hydrogen) atoms. The zero-order chi connectivity index (χ0) is 13.0. The molecule has 0 radical (unpaired) electrons. The highest BCUT2D eigenvalue weighted by Crippen LogP contribution is 2.32. The van der Waals surface area contributed by atoms with E-state index in [0.717, 1.165) is 23.1 Å². The average molecular weight is 265 g/mol. The average Bonchev–Trinajstić information content (AvgIpc) is 2.30. The van der Waals surface area contributed by atoms with E-state index in [2.05, 4.69) is 22.2 Å². The summed E-state index contributed by atoms with van der Waals surface area (Å²) in [5.74, 6) is 0. The lowest BCUT2D eigenvalue weighted by molar-refractivity contribution is 0.390.